The molecule has 0 amide bonds. The fourth-order valence-electron chi connectivity index (χ4n) is 0.923. The summed E-state index contributed by atoms with van der Waals surface area (Å²) in [6, 6.07) is 0. The molecular weight excluding hydrogens is 190 g/mol. The molecule has 0 aromatic carbocycles. The van der Waals surface area contributed by atoms with Gasteiger partial charge in [-0.25, -0.2) is 4.79 Å². The standard InChI is InChI=1S/C12H21NO2/c1-9(2)7-5-6-8-11(13)15-12(14)10(3)4/h6,8-9,11H,3,5,7,13H2,1-2,4H3. The van der Waals surface area contributed by atoms with Crippen LogP contribution < -0.4 is 5.73 Å². The molecule has 0 aliphatic rings. The summed E-state index contributed by atoms with van der Waals surface area (Å²) in [5.41, 5.74) is 5.92. The lowest BCUT2D eigenvalue weighted by atomic mass is 10.1. The number of rotatable bonds is 6. The maximum atomic E-state index is 11.1. The molecule has 1 atom stereocenters. The molecule has 0 radical (unpaired) electrons. The topological polar surface area (TPSA) is 52.3 Å². The molecule has 3 nitrogen and oxygen atoms in total. The van der Waals surface area contributed by atoms with Crippen molar-refractivity contribution < 1.29 is 9.53 Å². The van der Waals surface area contributed by atoms with Crippen LogP contribution in [0.3, 0.4) is 0 Å². The molecule has 0 spiro atoms. The average Bonchev–Trinajstić information content (AvgIpc) is 2.12. The predicted molar refractivity (Wildman–Crippen MR) is 62.1 cm³/mol. The van der Waals surface area contributed by atoms with E-state index in [9.17, 15) is 4.79 Å². The zero-order valence-electron chi connectivity index (χ0n) is 9.82. The lowest BCUT2D eigenvalue weighted by Crippen LogP contribution is -2.25. The molecule has 2 N–H and O–H groups in total. The van der Waals surface area contributed by atoms with Crippen LogP contribution in [-0.4, -0.2) is 12.2 Å². The Hall–Kier alpha value is -1.09. The molecule has 0 heterocycles. The van der Waals surface area contributed by atoms with Gasteiger partial charge < -0.3 is 4.74 Å². The largest absolute Gasteiger partial charge is 0.440 e. The molecule has 3 heteroatoms. The summed E-state index contributed by atoms with van der Waals surface area (Å²) in [6.07, 6.45) is 5.04. The van der Waals surface area contributed by atoms with Crippen molar-refractivity contribution in [3.63, 3.8) is 0 Å². The average molecular weight is 211 g/mol. The van der Waals surface area contributed by atoms with Gasteiger partial charge in [-0.2, -0.15) is 0 Å². The second kappa shape index (κ2) is 7.23. The van der Waals surface area contributed by atoms with Crippen LogP contribution in [0.1, 0.15) is 33.6 Å². The molecule has 0 saturated heterocycles. The van der Waals surface area contributed by atoms with Gasteiger partial charge in [0.1, 0.15) is 0 Å². The number of carbonyl (C=O) groups is 1. The van der Waals surface area contributed by atoms with E-state index in [2.05, 4.69) is 20.4 Å². The Morgan fingerprint density at radius 1 is 1.53 bits per heavy atom. The van der Waals surface area contributed by atoms with Crippen molar-refractivity contribution in [2.75, 3.05) is 0 Å². The highest BCUT2D eigenvalue weighted by atomic mass is 16.6. The highest BCUT2D eigenvalue weighted by Gasteiger charge is 2.06. The minimum atomic E-state index is -0.665. The maximum absolute atomic E-state index is 11.1. The van der Waals surface area contributed by atoms with Crippen LogP contribution in [0.2, 0.25) is 0 Å². The molecule has 15 heavy (non-hydrogen) atoms. The van der Waals surface area contributed by atoms with Gasteiger partial charge in [0.2, 0.25) is 0 Å². The van der Waals surface area contributed by atoms with Crippen LogP contribution in [0.15, 0.2) is 24.3 Å². The van der Waals surface area contributed by atoms with Gasteiger partial charge in [-0.1, -0.05) is 26.5 Å². The van der Waals surface area contributed by atoms with Gasteiger partial charge in [-0.3, -0.25) is 5.73 Å². The van der Waals surface area contributed by atoms with Crippen molar-refractivity contribution in [1.82, 2.24) is 0 Å². The molecule has 1 unspecified atom stereocenters. The van der Waals surface area contributed by atoms with E-state index in [0.29, 0.717) is 11.5 Å². The zero-order valence-corrected chi connectivity index (χ0v) is 9.82. The summed E-state index contributed by atoms with van der Waals surface area (Å²) in [5.74, 6) is 0.222. The molecule has 0 fully saturated rings. The second-order valence-electron chi connectivity index (χ2n) is 4.05. The van der Waals surface area contributed by atoms with Gasteiger partial charge in [0.15, 0.2) is 6.23 Å². The van der Waals surface area contributed by atoms with E-state index < -0.39 is 12.2 Å². The molecule has 0 aliphatic heterocycles. The van der Waals surface area contributed by atoms with Crippen LogP contribution in [0.5, 0.6) is 0 Å². The van der Waals surface area contributed by atoms with Crippen LogP contribution in [-0.2, 0) is 9.53 Å². The molecule has 0 bridgehead atoms. The summed E-state index contributed by atoms with van der Waals surface area (Å²) < 4.78 is 4.87. The molecule has 0 rings (SSSR count). The second-order valence-corrected chi connectivity index (χ2v) is 4.05. The van der Waals surface area contributed by atoms with Gasteiger partial charge in [0.25, 0.3) is 0 Å². The number of allylic oxidation sites excluding steroid dienone is 1. The van der Waals surface area contributed by atoms with Crippen molar-refractivity contribution in [1.29, 1.82) is 0 Å². The smallest absolute Gasteiger partial charge is 0.334 e. The predicted octanol–water partition coefficient (Wildman–Crippen LogP) is 2.38. The molecule has 0 aliphatic carbocycles. The lowest BCUT2D eigenvalue weighted by molar-refractivity contribution is -0.141. The van der Waals surface area contributed by atoms with E-state index in [1.54, 1.807) is 13.0 Å². The number of hydrogen-bond donors (Lipinski definition) is 1. The summed E-state index contributed by atoms with van der Waals surface area (Å²) in [5, 5.41) is 0. The van der Waals surface area contributed by atoms with Crippen molar-refractivity contribution >= 4 is 5.97 Å². The monoisotopic (exact) mass is 211 g/mol. The maximum Gasteiger partial charge on any atom is 0.334 e. The molecule has 86 valence electrons. The first-order valence-corrected chi connectivity index (χ1v) is 5.22. The SMILES string of the molecule is C=C(C)C(=O)OC(N)C=CCCC(C)C. The lowest BCUT2D eigenvalue weighted by Gasteiger charge is -2.08. The first kappa shape index (κ1) is 13.9. The van der Waals surface area contributed by atoms with Crippen LogP contribution in [0.25, 0.3) is 0 Å². The first-order chi connectivity index (χ1) is 6.93. The summed E-state index contributed by atoms with van der Waals surface area (Å²) in [4.78, 5) is 11.1. The third kappa shape index (κ3) is 7.94. The van der Waals surface area contributed by atoms with Gasteiger partial charge >= 0.3 is 5.97 Å². The van der Waals surface area contributed by atoms with E-state index >= 15 is 0 Å². The Labute approximate surface area is 92.0 Å². The Morgan fingerprint density at radius 3 is 2.60 bits per heavy atom. The third-order valence-corrected chi connectivity index (χ3v) is 1.83. The van der Waals surface area contributed by atoms with Crippen LogP contribution in [0.4, 0.5) is 0 Å². The summed E-state index contributed by atoms with van der Waals surface area (Å²) in [6.45, 7) is 9.39. The first-order valence-electron chi connectivity index (χ1n) is 5.22. The Bertz CT molecular complexity index is 244. The van der Waals surface area contributed by atoms with Gasteiger partial charge in [-0.15, -0.1) is 0 Å². The van der Waals surface area contributed by atoms with Crippen molar-refractivity contribution in [3.05, 3.63) is 24.3 Å². The Balaban J connectivity index is 3.78. The highest BCUT2D eigenvalue weighted by molar-refractivity contribution is 5.87. The van der Waals surface area contributed by atoms with Gasteiger partial charge in [0, 0.05) is 5.57 Å². The Kier molecular flexibility index (Phi) is 6.71. The number of hydrogen-bond acceptors (Lipinski definition) is 3. The molecule has 0 aromatic rings. The summed E-state index contributed by atoms with van der Waals surface area (Å²) in [7, 11) is 0. The number of carbonyl (C=O) groups excluding carboxylic acids is 1. The van der Waals surface area contributed by atoms with E-state index in [0.717, 1.165) is 12.8 Å². The number of nitrogens with two attached hydrogens (primary N) is 1. The number of esters is 1. The van der Waals surface area contributed by atoms with E-state index in [4.69, 9.17) is 10.5 Å². The Morgan fingerprint density at radius 2 is 2.13 bits per heavy atom. The van der Waals surface area contributed by atoms with E-state index in [-0.39, 0.29) is 0 Å². The normalized spacial score (nSPS) is 13.1. The number of ether oxygens (including phenoxy) is 1. The minimum Gasteiger partial charge on any atom is -0.440 e. The fraction of sp³-hybridized carbons (Fsp3) is 0.583. The quantitative estimate of drug-likeness (QED) is 0.317. The fourth-order valence-corrected chi connectivity index (χ4v) is 0.923. The highest BCUT2D eigenvalue weighted by Crippen LogP contribution is 2.04. The van der Waals surface area contributed by atoms with Gasteiger partial charge in [0.05, 0.1) is 0 Å². The van der Waals surface area contributed by atoms with Crippen molar-refractivity contribution in [2.45, 2.75) is 39.8 Å². The van der Waals surface area contributed by atoms with E-state index in [1.165, 1.54) is 0 Å². The molecular formula is C12H21NO2. The van der Waals surface area contributed by atoms with Crippen LogP contribution >= 0.6 is 0 Å². The summed E-state index contributed by atoms with van der Waals surface area (Å²) >= 11 is 0. The molecule has 0 saturated carbocycles. The van der Waals surface area contributed by atoms with Gasteiger partial charge in [-0.05, 0) is 31.8 Å². The third-order valence-electron chi connectivity index (χ3n) is 1.83. The zero-order chi connectivity index (χ0) is 11.8. The van der Waals surface area contributed by atoms with E-state index in [1.807, 2.05) is 6.08 Å². The molecule has 0 aromatic heterocycles. The minimum absolute atomic E-state index is 0.362. The van der Waals surface area contributed by atoms with Crippen molar-refractivity contribution in [2.24, 2.45) is 11.7 Å². The van der Waals surface area contributed by atoms with Crippen LogP contribution in [0, 0.1) is 5.92 Å². The van der Waals surface area contributed by atoms with Crippen molar-refractivity contribution in [3.8, 4) is 0 Å².